The van der Waals surface area contributed by atoms with Crippen molar-refractivity contribution in [3.8, 4) is 11.5 Å². The molecule has 1 aliphatic heterocycles. The number of ether oxygens (including phenoxy) is 2. The van der Waals surface area contributed by atoms with E-state index >= 15 is 0 Å². The van der Waals surface area contributed by atoms with Crippen LogP contribution in [0.15, 0.2) is 12.1 Å². The first-order valence-electron chi connectivity index (χ1n) is 7.12. The van der Waals surface area contributed by atoms with Gasteiger partial charge >= 0.3 is 5.97 Å². The highest BCUT2D eigenvalue weighted by Gasteiger charge is 2.33. The van der Waals surface area contributed by atoms with E-state index in [0.29, 0.717) is 25.4 Å². The summed E-state index contributed by atoms with van der Waals surface area (Å²) in [5.74, 6) is -3.23. The highest BCUT2D eigenvalue weighted by atomic mass is 35.5. The fourth-order valence-electron chi connectivity index (χ4n) is 2.43. The Kier molecular flexibility index (Phi) is 5.64. The molecule has 5 nitrogen and oxygen atoms in total. The maximum absolute atomic E-state index is 13.2. The molecule has 2 rings (SSSR count). The lowest BCUT2D eigenvalue weighted by molar-refractivity contribution is -0.139. The van der Waals surface area contributed by atoms with Crippen molar-refractivity contribution >= 4 is 17.6 Å². The standard InChI is InChI=1S/C15H18ClF2NO4/c1-22-12-7-10(6-11(16)14(12)23-9-13(20)21)8-19-4-2-15(17,18)3-5-19/h6-7H,2-5,8-9H2,1H3,(H,20,21). The van der Waals surface area contributed by atoms with E-state index in [9.17, 15) is 13.6 Å². The molecule has 0 unspecified atom stereocenters. The van der Waals surface area contributed by atoms with E-state index in [4.69, 9.17) is 26.2 Å². The first-order chi connectivity index (χ1) is 10.8. The number of hydrogen-bond donors (Lipinski definition) is 1. The normalized spacial score (nSPS) is 17.7. The number of aliphatic carboxylic acids is 1. The molecule has 1 saturated heterocycles. The van der Waals surface area contributed by atoms with Crippen LogP contribution < -0.4 is 9.47 Å². The molecule has 0 atom stereocenters. The summed E-state index contributed by atoms with van der Waals surface area (Å²) in [6.07, 6.45) is -0.310. The van der Waals surface area contributed by atoms with Gasteiger partial charge in [-0.1, -0.05) is 11.6 Å². The van der Waals surface area contributed by atoms with E-state index < -0.39 is 18.5 Å². The van der Waals surface area contributed by atoms with Gasteiger partial charge in [-0.05, 0) is 17.7 Å². The number of likely N-dealkylation sites (tertiary alicyclic amines) is 1. The summed E-state index contributed by atoms with van der Waals surface area (Å²) in [6, 6.07) is 3.31. The van der Waals surface area contributed by atoms with Crippen LogP contribution in [0.1, 0.15) is 18.4 Å². The Labute approximate surface area is 137 Å². The molecule has 0 amide bonds. The molecule has 0 bridgehead atoms. The Morgan fingerprint density at radius 3 is 2.61 bits per heavy atom. The van der Waals surface area contributed by atoms with Crippen molar-refractivity contribution in [1.82, 2.24) is 4.90 Å². The third kappa shape index (κ3) is 4.94. The maximum Gasteiger partial charge on any atom is 0.341 e. The van der Waals surface area contributed by atoms with Gasteiger partial charge in [-0.2, -0.15) is 0 Å². The van der Waals surface area contributed by atoms with Crippen LogP contribution in [-0.4, -0.2) is 48.7 Å². The summed E-state index contributed by atoms with van der Waals surface area (Å²) in [4.78, 5) is 12.5. The Morgan fingerprint density at radius 2 is 2.04 bits per heavy atom. The predicted octanol–water partition coefficient (Wildman–Crippen LogP) is 3.04. The monoisotopic (exact) mass is 349 g/mol. The molecule has 128 valence electrons. The molecular formula is C15H18ClF2NO4. The summed E-state index contributed by atoms with van der Waals surface area (Å²) in [5.41, 5.74) is 0.791. The minimum Gasteiger partial charge on any atom is -0.493 e. The van der Waals surface area contributed by atoms with Gasteiger partial charge in [-0.25, -0.2) is 13.6 Å². The van der Waals surface area contributed by atoms with Gasteiger partial charge in [0, 0.05) is 32.5 Å². The number of piperidine rings is 1. The average Bonchev–Trinajstić information content (AvgIpc) is 2.47. The number of alkyl halides is 2. The maximum atomic E-state index is 13.2. The first kappa shape index (κ1) is 17.7. The molecule has 1 heterocycles. The van der Waals surface area contributed by atoms with Gasteiger partial charge in [0.15, 0.2) is 18.1 Å². The molecule has 0 saturated carbocycles. The van der Waals surface area contributed by atoms with E-state index in [1.54, 1.807) is 12.1 Å². The van der Waals surface area contributed by atoms with E-state index in [2.05, 4.69) is 0 Å². The number of rotatable bonds is 6. The third-order valence-corrected chi connectivity index (χ3v) is 3.90. The Morgan fingerprint density at radius 1 is 1.39 bits per heavy atom. The van der Waals surface area contributed by atoms with Crippen molar-refractivity contribution < 1.29 is 28.2 Å². The number of hydrogen-bond acceptors (Lipinski definition) is 4. The van der Waals surface area contributed by atoms with Gasteiger partial charge in [-0.15, -0.1) is 0 Å². The van der Waals surface area contributed by atoms with Gasteiger partial charge in [0.1, 0.15) is 0 Å². The molecule has 1 aromatic rings. The molecule has 0 radical (unpaired) electrons. The molecule has 23 heavy (non-hydrogen) atoms. The zero-order valence-corrected chi connectivity index (χ0v) is 13.4. The van der Waals surface area contributed by atoms with E-state index in [1.165, 1.54) is 7.11 Å². The van der Waals surface area contributed by atoms with Crippen molar-refractivity contribution in [3.63, 3.8) is 0 Å². The largest absolute Gasteiger partial charge is 0.493 e. The summed E-state index contributed by atoms with van der Waals surface area (Å²) < 4.78 is 36.6. The fourth-order valence-corrected chi connectivity index (χ4v) is 2.72. The second kappa shape index (κ2) is 7.31. The Balaban J connectivity index is 2.08. The molecule has 0 aromatic heterocycles. The summed E-state index contributed by atoms with van der Waals surface area (Å²) in [6.45, 7) is 0.552. The summed E-state index contributed by atoms with van der Waals surface area (Å²) in [7, 11) is 1.42. The molecule has 1 N–H and O–H groups in total. The minimum atomic E-state index is -2.58. The molecule has 1 aromatic carbocycles. The van der Waals surface area contributed by atoms with Gasteiger partial charge in [0.25, 0.3) is 5.92 Å². The minimum absolute atomic E-state index is 0.155. The Hall–Kier alpha value is -1.60. The quantitative estimate of drug-likeness (QED) is 0.855. The van der Waals surface area contributed by atoms with Crippen LogP contribution in [0.5, 0.6) is 11.5 Å². The van der Waals surface area contributed by atoms with E-state index in [1.807, 2.05) is 4.90 Å². The second-order valence-corrected chi connectivity index (χ2v) is 5.83. The first-order valence-corrected chi connectivity index (χ1v) is 7.50. The number of methoxy groups -OCH3 is 1. The van der Waals surface area contributed by atoms with Gasteiger partial charge in [0.05, 0.1) is 12.1 Å². The Bertz CT molecular complexity index is 573. The highest BCUT2D eigenvalue weighted by Crippen LogP contribution is 2.37. The van der Waals surface area contributed by atoms with Gasteiger partial charge < -0.3 is 14.6 Å². The van der Waals surface area contributed by atoms with Crippen molar-refractivity contribution in [2.24, 2.45) is 0 Å². The molecule has 8 heteroatoms. The van der Waals surface area contributed by atoms with Crippen LogP contribution in [0.25, 0.3) is 0 Å². The van der Waals surface area contributed by atoms with Crippen molar-refractivity contribution in [3.05, 3.63) is 22.7 Å². The number of benzene rings is 1. The van der Waals surface area contributed by atoms with Crippen LogP contribution in [0.4, 0.5) is 8.78 Å². The van der Waals surface area contributed by atoms with Crippen LogP contribution in [-0.2, 0) is 11.3 Å². The average molecular weight is 350 g/mol. The number of nitrogens with zero attached hydrogens (tertiary/aromatic N) is 1. The van der Waals surface area contributed by atoms with Crippen LogP contribution in [0, 0.1) is 0 Å². The topological polar surface area (TPSA) is 59.0 Å². The molecule has 1 aliphatic rings. The van der Waals surface area contributed by atoms with E-state index in [0.717, 1.165) is 5.56 Å². The summed E-state index contributed by atoms with van der Waals surface area (Å²) in [5, 5.41) is 8.89. The van der Waals surface area contributed by atoms with Crippen LogP contribution in [0.2, 0.25) is 5.02 Å². The molecule has 0 aliphatic carbocycles. The van der Waals surface area contributed by atoms with Crippen molar-refractivity contribution in [1.29, 1.82) is 0 Å². The van der Waals surface area contributed by atoms with Crippen LogP contribution in [0.3, 0.4) is 0 Å². The summed E-state index contributed by atoms with van der Waals surface area (Å²) >= 11 is 6.12. The number of halogens is 3. The number of carboxylic acids is 1. The molecular weight excluding hydrogens is 332 g/mol. The lowest BCUT2D eigenvalue weighted by atomic mass is 10.1. The van der Waals surface area contributed by atoms with E-state index in [-0.39, 0.29) is 23.6 Å². The predicted molar refractivity (Wildman–Crippen MR) is 80.6 cm³/mol. The second-order valence-electron chi connectivity index (χ2n) is 5.42. The lowest BCUT2D eigenvalue weighted by Crippen LogP contribution is -2.38. The van der Waals surface area contributed by atoms with Gasteiger partial charge in [0.2, 0.25) is 0 Å². The molecule has 1 fully saturated rings. The number of carbonyl (C=O) groups is 1. The zero-order chi connectivity index (χ0) is 17.0. The van der Waals surface area contributed by atoms with Crippen LogP contribution >= 0.6 is 11.6 Å². The van der Waals surface area contributed by atoms with Gasteiger partial charge in [-0.3, -0.25) is 4.90 Å². The zero-order valence-electron chi connectivity index (χ0n) is 12.7. The SMILES string of the molecule is COc1cc(CN2CCC(F)(F)CC2)cc(Cl)c1OCC(=O)O. The van der Waals surface area contributed by atoms with Crippen molar-refractivity contribution in [2.75, 3.05) is 26.8 Å². The molecule has 0 spiro atoms. The smallest absolute Gasteiger partial charge is 0.341 e. The lowest BCUT2D eigenvalue weighted by Gasteiger charge is -2.31. The number of carboxylic acid groups (broad SMARTS) is 1. The third-order valence-electron chi connectivity index (χ3n) is 3.62. The van der Waals surface area contributed by atoms with Crippen molar-refractivity contribution in [2.45, 2.75) is 25.3 Å². The fraction of sp³-hybridized carbons (Fsp3) is 0.533. The highest BCUT2D eigenvalue weighted by molar-refractivity contribution is 6.32.